The van der Waals surface area contributed by atoms with Gasteiger partial charge in [-0.05, 0) is 24.5 Å². The zero-order valence-corrected chi connectivity index (χ0v) is 16.7. The maximum Gasteiger partial charge on any atom is 0.405 e. The number of alkyl halides is 3. The minimum absolute atomic E-state index is 0.235. The maximum atomic E-state index is 12.2. The molecule has 0 fully saturated rings. The van der Waals surface area contributed by atoms with Crippen molar-refractivity contribution < 1.29 is 22.4 Å². The van der Waals surface area contributed by atoms with Crippen molar-refractivity contribution in [3.05, 3.63) is 43.0 Å². The number of rotatable bonds is 5. The number of hydrogen-bond donors (Lipinski definition) is 2. The van der Waals surface area contributed by atoms with Crippen LogP contribution in [0.3, 0.4) is 0 Å². The molecule has 4 aromatic rings. The number of fused-ring (bicyclic) bond motifs is 1. The first-order valence-electron chi connectivity index (χ1n) is 8.74. The number of halogens is 3. The number of aromatic nitrogens is 5. The largest absolute Gasteiger partial charge is 0.411 e. The Morgan fingerprint density at radius 2 is 2.03 bits per heavy atom. The molecule has 4 heterocycles. The summed E-state index contributed by atoms with van der Waals surface area (Å²) in [4.78, 5) is 20.1. The van der Waals surface area contributed by atoms with Crippen LogP contribution in [0.2, 0.25) is 0 Å². The molecule has 0 aliphatic carbocycles. The summed E-state index contributed by atoms with van der Waals surface area (Å²) in [6, 6.07) is 4.17. The van der Waals surface area contributed by atoms with Crippen LogP contribution < -0.4 is 10.6 Å². The quantitative estimate of drug-likeness (QED) is 0.445. The van der Waals surface area contributed by atoms with Gasteiger partial charge in [-0.3, -0.25) is 9.38 Å². The molecule has 31 heavy (non-hydrogen) atoms. The summed E-state index contributed by atoms with van der Waals surface area (Å²) in [6.07, 6.45) is 3.61. The van der Waals surface area contributed by atoms with Gasteiger partial charge in [0.1, 0.15) is 12.2 Å². The lowest BCUT2D eigenvalue weighted by Gasteiger charge is -2.10. The van der Waals surface area contributed by atoms with Gasteiger partial charge < -0.3 is 15.1 Å². The van der Waals surface area contributed by atoms with Gasteiger partial charge in [0.15, 0.2) is 0 Å². The Hall–Kier alpha value is -3.61. The lowest BCUT2D eigenvalue weighted by Crippen LogP contribution is -2.36. The number of carbonyl (C=O) groups is 1. The normalized spacial score (nSPS) is 11.6. The van der Waals surface area contributed by atoms with E-state index in [1.54, 1.807) is 46.5 Å². The van der Waals surface area contributed by atoms with E-state index in [9.17, 15) is 18.0 Å². The number of thioether (sulfide) groups is 1. The Bertz CT molecular complexity index is 1240. The zero-order chi connectivity index (χ0) is 22.0. The third kappa shape index (κ3) is 4.77. The van der Waals surface area contributed by atoms with Gasteiger partial charge in [-0.15, -0.1) is 10.2 Å². The second-order valence-electron chi connectivity index (χ2n) is 6.25. The summed E-state index contributed by atoms with van der Waals surface area (Å²) in [6.45, 7) is -1.43. The number of anilines is 1. The molecule has 0 saturated heterocycles. The Morgan fingerprint density at radius 1 is 1.19 bits per heavy atom. The molecule has 0 radical (unpaired) electrons. The SMILES string of the molecule is CSc1nnc(-c2ccn3c(-c4cncc(NC(=O)NCC(F)(F)F)c4)cnc3c2)o1. The van der Waals surface area contributed by atoms with E-state index >= 15 is 0 Å². The Labute approximate surface area is 177 Å². The summed E-state index contributed by atoms with van der Waals surface area (Å²) < 4.78 is 44.0. The average molecular weight is 449 g/mol. The molecule has 0 atom stereocenters. The summed E-state index contributed by atoms with van der Waals surface area (Å²) in [5.74, 6) is 0.370. The predicted octanol–water partition coefficient (Wildman–Crippen LogP) is 3.85. The van der Waals surface area contributed by atoms with Gasteiger partial charge in [-0.2, -0.15) is 13.2 Å². The van der Waals surface area contributed by atoms with Gasteiger partial charge in [-0.1, -0.05) is 11.8 Å². The van der Waals surface area contributed by atoms with Crippen LogP contribution in [0.15, 0.2) is 52.6 Å². The third-order valence-electron chi connectivity index (χ3n) is 4.08. The van der Waals surface area contributed by atoms with E-state index in [4.69, 9.17) is 4.42 Å². The van der Waals surface area contributed by atoms with Crippen LogP contribution in [0.1, 0.15) is 0 Å². The fraction of sp³-hybridized carbons (Fsp3) is 0.167. The number of imidazole rings is 1. The molecule has 160 valence electrons. The molecule has 2 amide bonds. The van der Waals surface area contributed by atoms with Crippen molar-refractivity contribution in [3.8, 4) is 22.7 Å². The summed E-state index contributed by atoms with van der Waals surface area (Å²) in [5, 5.41) is 12.4. The number of nitrogens with one attached hydrogen (secondary N) is 2. The van der Waals surface area contributed by atoms with Crippen LogP contribution >= 0.6 is 11.8 Å². The number of carbonyl (C=O) groups excluding carboxylic acids is 1. The molecule has 0 aromatic carbocycles. The number of urea groups is 1. The van der Waals surface area contributed by atoms with Crippen molar-refractivity contribution in [2.75, 3.05) is 18.1 Å². The first-order valence-corrected chi connectivity index (χ1v) is 9.97. The van der Waals surface area contributed by atoms with Crippen molar-refractivity contribution in [2.24, 2.45) is 0 Å². The van der Waals surface area contributed by atoms with Crippen LogP contribution in [0.25, 0.3) is 28.4 Å². The van der Waals surface area contributed by atoms with Crippen molar-refractivity contribution in [3.63, 3.8) is 0 Å². The number of nitrogens with zero attached hydrogens (tertiary/aromatic N) is 5. The van der Waals surface area contributed by atoms with Gasteiger partial charge in [0, 0.05) is 23.5 Å². The molecule has 0 saturated carbocycles. The predicted molar refractivity (Wildman–Crippen MR) is 107 cm³/mol. The van der Waals surface area contributed by atoms with E-state index in [2.05, 4.69) is 25.5 Å². The Morgan fingerprint density at radius 3 is 2.77 bits per heavy atom. The molecule has 4 aromatic heterocycles. The lowest BCUT2D eigenvalue weighted by atomic mass is 10.2. The number of pyridine rings is 2. The second-order valence-corrected chi connectivity index (χ2v) is 7.01. The van der Waals surface area contributed by atoms with E-state index in [1.807, 2.05) is 6.26 Å². The first kappa shape index (κ1) is 20.7. The summed E-state index contributed by atoms with van der Waals surface area (Å²) in [7, 11) is 0. The molecule has 0 spiro atoms. The van der Waals surface area contributed by atoms with E-state index in [-0.39, 0.29) is 5.69 Å². The molecule has 0 bridgehead atoms. The van der Waals surface area contributed by atoms with Gasteiger partial charge in [0.05, 0.1) is 23.8 Å². The van der Waals surface area contributed by atoms with Crippen LogP contribution in [0.5, 0.6) is 0 Å². The van der Waals surface area contributed by atoms with E-state index in [1.165, 1.54) is 18.0 Å². The zero-order valence-electron chi connectivity index (χ0n) is 15.8. The van der Waals surface area contributed by atoms with Gasteiger partial charge in [0.2, 0.25) is 5.89 Å². The molecule has 0 unspecified atom stereocenters. The monoisotopic (exact) mass is 449 g/mol. The van der Waals surface area contributed by atoms with Gasteiger partial charge in [-0.25, -0.2) is 9.78 Å². The number of hydrogen-bond acceptors (Lipinski definition) is 7. The van der Waals surface area contributed by atoms with Crippen LogP contribution in [-0.2, 0) is 0 Å². The van der Waals surface area contributed by atoms with E-state index in [0.29, 0.717) is 33.6 Å². The van der Waals surface area contributed by atoms with Crippen LogP contribution in [0, 0.1) is 0 Å². The molecule has 2 N–H and O–H groups in total. The first-order chi connectivity index (χ1) is 14.8. The Kier molecular flexibility index (Phi) is 5.50. The molecule has 9 nitrogen and oxygen atoms in total. The third-order valence-corrected chi connectivity index (χ3v) is 4.60. The molecular formula is C18H14F3N7O2S. The summed E-state index contributed by atoms with van der Waals surface area (Å²) in [5.41, 5.74) is 2.82. The smallest absolute Gasteiger partial charge is 0.405 e. The van der Waals surface area contributed by atoms with Crippen molar-refractivity contribution in [1.29, 1.82) is 0 Å². The topological polar surface area (TPSA) is 110 Å². The van der Waals surface area contributed by atoms with E-state index < -0.39 is 18.8 Å². The average Bonchev–Trinajstić information content (AvgIpc) is 3.38. The highest BCUT2D eigenvalue weighted by molar-refractivity contribution is 7.98. The van der Waals surface area contributed by atoms with Crippen LogP contribution in [-0.4, -0.2) is 49.6 Å². The van der Waals surface area contributed by atoms with Gasteiger partial charge >= 0.3 is 12.2 Å². The number of amides is 2. The maximum absolute atomic E-state index is 12.2. The molecule has 13 heteroatoms. The highest BCUT2D eigenvalue weighted by Gasteiger charge is 2.27. The highest BCUT2D eigenvalue weighted by Crippen LogP contribution is 2.26. The fourth-order valence-electron chi connectivity index (χ4n) is 2.74. The van der Waals surface area contributed by atoms with Crippen LogP contribution in [0.4, 0.5) is 23.7 Å². The van der Waals surface area contributed by atoms with Gasteiger partial charge in [0.25, 0.3) is 5.22 Å². The fourth-order valence-corrected chi connectivity index (χ4v) is 3.03. The molecule has 4 rings (SSSR count). The minimum Gasteiger partial charge on any atom is -0.411 e. The minimum atomic E-state index is -4.50. The molecule has 0 aliphatic heterocycles. The molecule has 0 aliphatic rings. The highest BCUT2D eigenvalue weighted by atomic mass is 32.2. The van der Waals surface area contributed by atoms with E-state index in [0.717, 1.165) is 0 Å². The lowest BCUT2D eigenvalue weighted by molar-refractivity contribution is -0.122. The van der Waals surface area contributed by atoms with Crippen molar-refractivity contribution >= 4 is 29.1 Å². The molecular weight excluding hydrogens is 435 g/mol. The van der Waals surface area contributed by atoms with Crippen molar-refractivity contribution in [1.82, 2.24) is 29.9 Å². The Balaban J connectivity index is 1.56. The second kappa shape index (κ2) is 8.26. The summed E-state index contributed by atoms with van der Waals surface area (Å²) >= 11 is 1.34. The standard InChI is InChI=1S/C18H14F3N7O2S/c1-31-17-27-26-15(30-17)10-2-3-28-13(8-23-14(28)5-10)11-4-12(7-22-6-11)25-16(29)24-9-18(19,20)21/h2-8H,9H2,1H3,(H2,24,25,29). The van der Waals surface area contributed by atoms with Crippen molar-refractivity contribution in [2.45, 2.75) is 11.4 Å².